The van der Waals surface area contributed by atoms with E-state index in [1.807, 2.05) is 0 Å². The lowest BCUT2D eigenvalue weighted by molar-refractivity contribution is -0.158. The normalized spacial score (nSPS) is 46.5. The molecule has 192 valence electrons. The van der Waals surface area contributed by atoms with E-state index in [-0.39, 0.29) is 5.41 Å². The van der Waals surface area contributed by atoms with Gasteiger partial charge in [-0.2, -0.15) is 0 Å². The van der Waals surface area contributed by atoms with Crippen molar-refractivity contribution in [2.75, 3.05) is 0 Å². The topological polar surface area (TPSA) is 20.2 Å². The van der Waals surface area contributed by atoms with Crippen molar-refractivity contribution in [1.29, 1.82) is 0 Å². The zero-order chi connectivity index (χ0) is 24.2. The smallest absolute Gasteiger partial charge is 0.0655 e. The Bertz CT molecular complexity index is 674. The van der Waals surface area contributed by atoms with Gasteiger partial charge in [0.25, 0.3) is 0 Å². The molecule has 0 saturated heterocycles. The predicted molar refractivity (Wildman–Crippen MR) is 142 cm³/mol. The molecule has 0 amide bonds. The molecular formula is C32H58O. The van der Waals surface area contributed by atoms with Gasteiger partial charge in [0.1, 0.15) is 0 Å². The maximum atomic E-state index is 11.5. The van der Waals surface area contributed by atoms with E-state index < -0.39 is 5.60 Å². The van der Waals surface area contributed by atoms with Crippen LogP contribution in [-0.2, 0) is 0 Å². The molecule has 4 rings (SSSR count). The third-order valence-electron chi connectivity index (χ3n) is 11.9. The summed E-state index contributed by atoms with van der Waals surface area (Å²) < 4.78 is 0. The Morgan fingerprint density at radius 3 is 2.18 bits per heavy atom. The van der Waals surface area contributed by atoms with Crippen LogP contribution in [0.4, 0.5) is 0 Å². The van der Waals surface area contributed by atoms with Crippen molar-refractivity contribution in [3.8, 4) is 0 Å². The Hall–Kier alpha value is -0.0400. The van der Waals surface area contributed by atoms with E-state index in [9.17, 15) is 5.11 Å². The Kier molecular flexibility index (Phi) is 7.19. The molecule has 9 atom stereocenters. The maximum Gasteiger partial charge on any atom is 0.0655 e. The Morgan fingerprint density at radius 2 is 1.52 bits per heavy atom. The average molecular weight is 459 g/mol. The number of rotatable bonds is 6. The minimum Gasteiger partial charge on any atom is -0.390 e. The lowest BCUT2D eigenvalue weighted by atomic mass is 9.43. The van der Waals surface area contributed by atoms with E-state index in [0.717, 1.165) is 60.7 Å². The third-order valence-corrected chi connectivity index (χ3v) is 11.9. The lowest BCUT2D eigenvalue weighted by Crippen LogP contribution is -2.56. The first-order chi connectivity index (χ1) is 15.3. The number of fused-ring (bicyclic) bond motifs is 5. The molecule has 4 aliphatic carbocycles. The molecule has 0 aromatic heterocycles. The first kappa shape index (κ1) is 26.0. The molecular weight excluding hydrogens is 400 g/mol. The van der Waals surface area contributed by atoms with Gasteiger partial charge < -0.3 is 5.11 Å². The fraction of sp³-hybridized carbons (Fsp3) is 1.00. The summed E-state index contributed by atoms with van der Waals surface area (Å²) in [6, 6.07) is 0. The molecule has 1 nitrogen and oxygen atoms in total. The van der Waals surface area contributed by atoms with Gasteiger partial charge in [-0.1, -0.05) is 74.7 Å². The van der Waals surface area contributed by atoms with Crippen molar-refractivity contribution in [3.05, 3.63) is 0 Å². The minimum absolute atomic E-state index is 0.219. The van der Waals surface area contributed by atoms with Crippen LogP contribution in [0.1, 0.15) is 139 Å². The molecule has 4 saturated carbocycles. The molecule has 4 fully saturated rings. The van der Waals surface area contributed by atoms with Crippen LogP contribution in [0, 0.1) is 57.7 Å². The van der Waals surface area contributed by atoms with Crippen LogP contribution in [0.2, 0.25) is 0 Å². The van der Waals surface area contributed by atoms with Gasteiger partial charge in [0.2, 0.25) is 0 Å². The van der Waals surface area contributed by atoms with Gasteiger partial charge in [-0.25, -0.2) is 0 Å². The van der Waals surface area contributed by atoms with Crippen LogP contribution in [0.25, 0.3) is 0 Å². The standard InChI is InChI=1S/C32H58O/c1-22(2)10-9-11-23(3)26-14-15-27-25-13-12-24-20-32(33,21-29(4,5)6)19-18-30(24,7)28(25)16-17-31(26,27)8/h22-28,33H,9-21H2,1-8H3/t23-,24-,25+,26-,27-,28+,30-,31+,32+/m0/s1. The predicted octanol–water partition coefficient (Wildman–Crippen LogP) is 9.28. The van der Waals surface area contributed by atoms with Crippen molar-refractivity contribution in [3.63, 3.8) is 0 Å². The lowest BCUT2D eigenvalue weighted by Gasteiger charge is -2.62. The van der Waals surface area contributed by atoms with Crippen molar-refractivity contribution < 1.29 is 5.11 Å². The summed E-state index contributed by atoms with van der Waals surface area (Å²) in [6.07, 6.45) is 17.4. The van der Waals surface area contributed by atoms with Crippen molar-refractivity contribution in [2.24, 2.45) is 57.7 Å². The Morgan fingerprint density at radius 1 is 0.818 bits per heavy atom. The molecule has 0 unspecified atom stereocenters. The summed E-state index contributed by atoms with van der Waals surface area (Å²) in [5, 5.41) is 11.5. The zero-order valence-corrected chi connectivity index (χ0v) is 23.7. The molecule has 0 spiro atoms. The first-order valence-corrected chi connectivity index (χ1v) is 15.0. The molecule has 1 heteroatoms. The molecule has 4 aliphatic rings. The Balaban J connectivity index is 1.45. The first-order valence-electron chi connectivity index (χ1n) is 15.0. The largest absolute Gasteiger partial charge is 0.390 e. The summed E-state index contributed by atoms with van der Waals surface area (Å²) in [4.78, 5) is 0. The van der Waals surface area contributed by atoms with E-state index in [1.165, 1.54) is 64.2 Å². The highest BCUT2D eigenvalue weighted by Crippen LogP contribution is 2.69. The highest BCUT2D eigenvalue weighted by Gasteiger charge is 2.61. The second kappa shape index (κ2) is 9.12. The van der Waals surface area contributed by atoms with Gasteiger partial charge in [0.15, 0.2) is 0 Å². The maximum absolute atomic E-state index is 11.5. The third kappa shape index (κ3) is 4.97. The molecule has 1 N–H and O–H groups in total. The van der Waals surface area contributed by atoms with Crippen molar-refractivity contribution in [1.82, 2.24) is 0 Å². The highest BCUT2D eigenvalue weighted by atomic mass is 16.3. The molecule has 0 heterocycles. The van der Waals surface area contributed by atoms with Crippen LogP contribution < -0.4 is 0 Å². The minimum atomic E-state index is -0.414. The van der Waals surface area contributed by atoms with Crippen molar-refractivity contribution in [2.45, 2.75) is 144 Å². The van der Waals surface area contributed by atoms with E-state index in [2.05, 4.69) is 55.4 Å². The van der Waals surface area contributed by atoms with Gasteiger partial charge in [-0.3, -0.25) is 0 Å². The van der Waals surface area contributed by atoms with Crippen LogP contribution in [-0.4, -0.2) is 10.7 Å². The fourth-order valence-corrected chi connectivity index (χ4v) is 10.5. The summed E-state index contributed by atoms with van der Waals surface area (Å²) in [5.41, 5.74) is 0.887. The monoisotopic (exact) mass is 458 g/mol. The van der Waals surface area contributed by atoms with Crippen LogP contribution in [0.3, 0.4) is 0 Å². The second-order valence-corrected chi connectivity index (χ2v) is 15.9. The molecule has 0 bridgehead atoms. The molecule has 0 aromatic carbocycles. The quantitative estimate of drug-likeness (QED) is 0.420. The number of hydrogen-bond donors (Lipinski definition) is 1. The van der Waals surface area contributed by atoms with Gasteiger partial charge in [0.05, 0.1) is 5.60 Å². The molecule has 33 heavy (non-hydrogen) atoms. The summed E-state index contributed by atoms with van der Waals surface area (Å²) in [5.74, 6) is 6.33. The summed E-state index contributed by atoms with van der Waals surface area (Å²) in [6.45, 7) is 19.7. The van der Waals surface area contributed by atoms with E-state index in [0.29, 0.717) is 10.8 Å². The zero-order valence-electron chi connectivity index (χ0n) is 23.7. The van der Waals surface area contributed by atoms with Crippen LogP contribution >= 0.6 is 0 Å². The average Bonchev–Trinajstić information content (AvgIpc) is 3.04. The van der Waals surface area contributed by atoms with Gasteiger partial charge in [-0.15, -0.1) is 0 Å². The van der Waals surface area contributed by atoms with Crippen molar-refractivity contribution >= 4 is 0 Å². The summed E-state index contributed by atoms with van der Waals surface area (Å²) in [7, 11) is 0. The van der Waals surface area contributed by atoms with Gasteiger partial charge >= 0.3 is 0 Å². The molecule has 0 radical (unpaired) electrons. The van der Waals surface area contributed by atoms with E-state index in [1.54, 1.807) is 0 Å². The van der Waals surface area contributed by atoms with Gasteiger partial charge in [0, 0.05) is 0 Å². The van der Waals surface area contributed by atoms with Gasteiger partial charge in [-0.05, 0) is 122 Å². The second-order valence-electron chi connectivity index (χ2n) is 15.9. The number of aliphatic hydroxyl groups is 1. The van der Waals surface area contributed by atoms with Crippen LogP contribution in [0.5, 0.6) is 0 Å². The molecule has 0 aliphatic heterocycles. The van der Waals surface area contributed by atoms with E-state index in [4.69, 9.17) is 0 Å². The Labute approximate surface area is 207 Å². The highest BCUT2D eigenvalue weighted by molar-refractivity contribution is 5.11. The molecule has 0 aromatic rings. The summed E-state index contributed by atoms with van der Waals surface area (Å²) >= 11 is 0. The van der Waals surface area contributed by atoms with Crippen LogP contribution in [0.15, 0.2) is 0 Å². The SMILES string of the molecule is CC(C)CCC[C@H](C)[C@@H]1CC[C@H]2[C@H]3CC[C@H]4C[C@@](O)(CC(C)(C)C)CC[C@]4(C)[C@@H]3CC[C@@]21C. The number of hydrogen-bond acceptors (Lipinski definition) is 1. The fourth-order valence-electron chi connectivity index (χ4n) is 10.5. The van der Waals surface area contributed by atoms with E-state index >= 15 is 0 Å².